The first-order valence-electron chi connectivity index (χ1n) is 10.4. The van der Waals surface area contributed by atoms with Gasteiger partial charge in [-0.25, -0.2) is 22.8 Å². The van der Waals surface area contributed by atoms with E-state index in [1.54, 1.807) is 18.3 Å². The molecule has 10 nitrogen and oxygen atoms in total. The van der Waals surface area contributed by atoms with E-state index in [-0.39, 0.29) is 33.3 Å². The number of ether oxygens (including phenoxy) is 3. The summed E-state index contributed by atoms with van der Waals surface area (Å²) in [6.07, 6.45) is 4.37. The second-order valence-electron chi connectivity index (χ2n) is 7.38. The van der Waals surface area contributed by atoms with Gasteiger partial charge in [0.25, 0.3) is 15.6 Å². The molecule has 0 saturated heterocycles. The van der Waals surface area contributed by atoms with Gasteiger partial charge < -0.3 is 14.2 Å². The molecule has 0 atom stereocenters. The fraction of sp³-hybridized carbons (Fsp3) is 0.174. The molecule has 4 aromatic rings. The SMILES string of the molecule is COCCOc1cnc2ccc(-c3cnc(OC)c(NS(=O)(=O)c4ccc(F)cc4Br)c3)cn2c1=O. The highest BCUT2D eigenvalue weighted by Crippen LogP contribution is 2.32. The van der Waals surface area contributed by atoms with E-state index in [0.717, 1.165) is 18.2 Å². The van der Waals surface area contributed by atoms with Crippen molar-refractivity contribution in [2.45, 2.75) is 4.90 Å². The number of aromatic nitrogens is 3. The summed E-state index contributed by atoms with van der Waals surface area (Å²) in [6.45, 7) is 0.502. The first kappa shape index (κ1) is 25.5. The molecule has 3 heterocycles. The lowest BCUT2D eigenvalue weighted by molar-refractivity contribution is 0.145. The van der Waals surface area contributed by atoms with Gasteiger partial charge in [0.2, 0.25) is 11.6 Å². The highest BCUT2D eigenvalue weighted by molar-refractivity contribution is 9.10. The summed E-state index contributed by atoms with van der Waals surface area (Å²) in [7, 11) is -1.25. The monoisotopic (exact) mass is 578 g/mol. The van der Waals surface area contributed by atoms with E-state index >= 15 is 0 Å². The summed E-state index contributed by atoms with van der Waals surface area (Å²) in [6, 6.07) is 8.10. The summed E-state index contributed by atoms with van der Waals surface area (Å²) in [5.41, 5.74) is 1.08. The van der Waals surface area contributed by atoms with Gasteiger partial charge in [0, 0.05) is 35.1 Å². The zero-order valence-corrected chi connectivity index (χ0v) is 21.5. The molecule has 0 unspecified atom stereocenters. The van der Waals surface area contributed by atoms with Gasteiger partial charge in [-0.15, -0.1) is 0 Å². The Bertz CT molecular complexity index is 1600. The number of fused-ring (bicyclic) bond motifs is 1. The van der Waals surface area contributed by atoms with Crippen molar-refractivity contribution < 1.29 is 27.0 Å². The second kappa shape index (κ2) is 10.6. The Morgan fingerprint density at radius 1 is 1.06 bits per heavy atom. The van der Waals surface area contributed by atoms with Crippen molar-refractivity contribution in [1.29, 1.82) is 0 Å². The van der Waals surface area contributed by atoms with E-state index in [2.05, 4.69) is 30.6 Å². The van der Waals surface area contributed by atoms with Crippen LogP contribution in [0.5, 0.6) is 11.6 Å². The van der Waals surface area contributed by atoms with Crippen molar-refractivity contribution in [3.8, 4) is 22.8 Å². The first-order valence-corrected chi connectivity index (χ1v) is 12.7. The van der Waals surface area contributed by atoms with E-state index in [4.69, 9.17) is 14.2 Å². The molecule has 188 valence electrons. The molecular formula is C23H20BrFN4O6S. The molecule has 0 bridgehead atoms. The molecule has 0 fully saturated rings. The summed E-state index contributed by atoms with van der Waals surface area (Å²) in [5, 5.41) is 0. The lowest BCUT2D eigenvalue weighted by atomic mass is 10.1. The Kier molecular flexibility index (Phi) is 7.52. The lowest BCUT2D eigenvalue weighted by Gasteiger charge is -2.14. The Morgan fingerprint density at radius 3 is 2.58 bits per heavy atom. The molecule has 0 aliphatic rings. The van der Waals surface area contributed by atoms with E-state index < -0.39 is 21.4 Å². The highest BCUT2D eigenvalue weighted by atomic mass is 79.9. The Hall–Kier alpha value is -3.55. The molecule has 0 aliphatic carbocycles. The fourth-order valence-electron chi connectivity index (χ4n) is 3.30. The number of halogens is 2. The maximum absolute atomic E-state index is 13.4. The number of hydrogen-bond donors (Lipinski definition) is 1. The number of methoxy groups -OCH3 is 2. The van der Waals surface area contributed by atoms with Gasteiger partial charge in [-0.2, -0.15) is 0 Å². The molecule has 0 saturated carbocycles. The molecule has 0 amide bonds. The number of hydrogen-bond acceptors (Lipinski definition) is 8. The van der Waals surface area contributed by atoms with Crippen LogP contribution in [0.15, 0.2) is 69.2 Å². The molecular weight excluding hydrogens is 559 g/mol. The van der Waals surface area contributed by atoms with Crippen LogP contribution in [0.1, 0.15) is 0 Å². The average Bonchev–Trinajstić information content (AvgIpc) is 2.85. The summed E-state index contributed by atoms with van der Waals surface area (Å²) >= 11 is 3.08. The minimum absolute atomic E-state index is 0.0222. The molecule has 0 spiro atoms. The van der Waals surface area contributed by atoms with Gasteiger partial charge in [0.1, 0.15) is 28.7 Å². The van der Waals surface area contributed by atoms with Gasteiger partial charge in [-0.05, 0) is 52.3 Å². The Labute approximate surface area is 213 Å². The minimum atomic E-state index is -4.13. The third kappa shape index (κ3) is 5.32. The van der Waals surface area contributed by atoms with E-state index in [9.17, 15) is 17.6 Å². The third-order valence-electron chi connectivity index (χ3n) is 5.02. The lowest BCUT2D eigenvalue weighted by Crippen LogP contribution is -2.19. The number of sulfonamides is 1. The first-order chi connectivity index (χ1) is 17.2. The van der Waals surface area contributed by atoms with Crippen molar-refractivity contribution in [2.75, 3.05) is 32.2 Å². The van der Waals surface area contributed by atoms with Gasteiger partial charge in [-0.3, -0.25) is 13.9 Å². The molecule has 0 aliphatic heterocycles. The summed E-state index contributed by atoms with van der Waals surface area (Å²) < 4.78 is 58.8. The predicted octanol–water partition coefficient (Wildman–Crippen LogP) is 3.49. The number of nitrogens with zero attached hydrogens (tertiary/aromatic N) is 3. The van der Waals surface area contributed by atoms with E-state index in [1.807, 2.05) is 0 Å². The molecule has 13 heteroatoms. The topological polar surface area (TPSA) is 121 Å². The van der Waals surface area contributed by atoms with Gasteiger partial charge in [-0.1, -0.05) is 0 Å². The molecule has 1 aromatic carbocycles. The van der Waals surface area contributed by atoms with Crippen molar-refractivity contribution in [3.05, 3.63) is 75.6 Å². The zero-order chi connectivity index (χ0) is 25.9. The van der Waals surface area contributed by atoms with Crippen molar-refractivity contribution in [2.24, 2.45) is 0 Å². The maximum Gasteiger partial charge on any atom is 0.300 e. The van der Waals surface area contributed by atoms with Crippen LogP contribution < -0.4 is 19.8 Å². The second-order valence-corrected chi connectivity index (χ2v) is 9.88. The molecule has 3 aromatic heterocycles. The fourth-order valence-corrected chi connectivity index (χ4v) is 5.40. The van der Waals surface area contributed by atoms with Crippen molar-refractivity contribution in [3.63, 3.8) is 0 Å². The minimum Gasteiger partial charge on any atom is -0.484 e. The van der Waals surface area contributed by atoms with Crippen LogP contribution in [-0.4, -0.2) is 50.2 Å². The molecule has 4 rings (SSSR count). The van der Waals surface area contributed by atoms with Gasteiger partial charge in [0.15, 0.2) is 0 Å². The van der Waals surface area contributed by atoms with Crippen LogP contribution in [0.25, 0.3) is 16.8 Å². The molecule has 36 heavy (non-hydrogen) atoms. The smallest absolute Gasteiger partial charge is 0.300 e. The summed E-state index contributed by atoms with van der Waals surface area (Å²) in [5.74, 6) is -0.503. The summed E-state index contributed by atoms with van der Waals surface area (Å²) in [4.78, 5) is 21.1. The molecule has 0 radical (unpaired) electrons. The van der Waals surface area contributed by atoms with Gasteiger partial charge in [0.05, 0.1) is 19.9 Å². The zero-order valence-electron chi connectivity index (χ0n) is 19.1. The van der Waals surface area contributed by atoms with Crippen LogP contribution in [0.4, 0.5) is 10.1 Å². The van der Waals surface area contributed by atoms with E-state index in [1.165, 1.54) is 37.1 Å². The van der Waals surface area contributed by atoms with Crippen molar-refractivity contribution in [1.82, 2.24) is 14.4 Å². The Balaban J connectivity index is 1.73. The number of anilines is 1. The van der Waals surface area contributed by atoms with Crippen LogP contribution >= 0.6 is 15.9 Å². The van der Waals surface area contributed by atoms with E-state index in [0.29, 0.717) is 23.4 Å². The predicted molar refractivity (Wildman–Crippen MR) is 134 cm³/mol. The molecule has 1 N–H and O–H groups in total. The third-order valence-corrected chi connectivity index (χ3v) is 7.36. The Morgan fingerprint density at radius 2 is 1.86 bits per heavy atom. The van der Waals surface area contributed by atoms with Crippen molar-refractivity contribution >= 4 is 37.3 Å². The number of benzene rings is 1. The van der Waals surface area contributed by atoms with Crippen LogP contribution in [0.3, 0.4) is 0 Å². The van der Waals surface area contributed by atoms with Crippen LogP contribution in [0.2, 0.25) is 0 Å². The number of nitrogens with one attached hydrogen (secondary N) is 1. The van der Waals surface area contributed by atoms with Crippen LogP contribution in [0, 0.1) is 5.82 Å². The number of pyridine rings is 2. The van der Waals surface area contributed by atoms with Gasteiger partial charge >= 0.3 is 0 Å². The number of rotatable bonds is 9. The highest BCUT2D eigenvalue weighted by Gasteiger charge is 2.21. The average molecular weight is 579 g/mol. The quantitative estimate of drug-likeness (QED) is 0.299. The van der Waals surface area contributed by atoms with Crippen LogP contribution in [-0.2, 0) is 14.8 Å². The largest absolute Gasteiger partial charge is 0.484 e. The maximum atomic E-state index is 13.4. The standard InChI is InChI=1S/C23H20BrFN4O6S/c1-33-7-8-35-19-12-26-21-6-3-14(13-29(21)23(19)30)15-9-18(22(34-2)27-11-15)28-36(31,32)20-5-4-16(25)10-17(20)24/h3-6,9-13,28H,7-8H2,1-2H3. The normalized spacial score (nSPS) is 11.4.